The molecule has 0 unspecified atom stereocenters. The molecule has 2 amide bonds. The Kier molecular flexibility index (Phi) is 8.01. The summed E-state index contributed by atoms with van der Waals surface area (Å²) in [5.41, 5.74) is 2.53. The Morgan fingerprint density at radius 2 is 1.61 bits per heavy atom. The monoisotopic (exact) mass is 478 g/mol. The maximum atomic E-state index is 12.9. The van der Waals surface area contributed by atoms with Gasteiger partial charge in [-0.25, -0.2) is 0 Å². The highest BCUT2D eigenvalue weighted by Gasteiger charge is 2.14. The van der Waals surface area contributed by atoms with Crippen LogP contribution in [0, 0.1) is 0 Å². The van der Waals surface area contributed by atoms with Crippen LogP contribution >= 0.6 is 15.9 Å². The van der Waals surface area contributed by atoms with Crippen molar-refractivity contribution in [2.45, 2.75) is 6.42 Å². The average Bonchev–Trinajstić information content (AvgIpc) is 2.80. The third-order valence-electron chi connectivity index (χ3n) is 4.57. The van der Waals surface area contributed by atoms with Crippen LogP contribution in [-0.4, -0.2) is 25.5 Å². The van der Waals surface area contributed by atoms with Crippen molar-refractivity contribution in [3.63, 3.8) is 0 Å². The van der Waals surface area contributed by atoms with Crippen LogP contribution in [0.3, 0.4) is 0 Å². The topological polar surface area (TPSA) is 67.4 Å². The molecule has 0 saturated heterocycles. The number of ether oxygens (including phenoxy) is 1. The van der Waals surface area contributed by atoms with Gasteiger partial charge in [-0.15, -0.1) is 0 Å². The van der Waals surface area contributed by atoms with Crippen LogP contribution < -0.4 is 15.4 Å². The lowest BCUT2D eigenvalue weighted by Gasteiger charge is -2.12. The Hall–Kier alpha value is -3.38. The first kappa shape index (κ1) is 22.3. The van der Waals surface area contributed by atoms with E-state index in [1.165, 1.54) is 0 Å². The largest absolute Gasteiger partial charge is 0.497 e. The SMILES string of the molecule is COc1ccc(C=C(NC(=O)c2ccc(Br)cc2)C(=O)NCCc2ccccc2)cc1. The van der Waals surface area contributed by atoms with Crippen LogP contribution in [0.5, 0.6) is 5.75 Å². The minimum absolute atomic E-state index is 0.172. The maximum absolute atomic E-state index is 12.9. The minimum atomic E-state index is -0.356. The second-order valence-electron chi connectivity index (χ2n) is 6.78. The number of amides is 2. The maximum Gasteiger partial charge on any atom is 0.267 e. The highest BCUT2D eigenvalue weighted by Crippen LogP contribution is 2.15. The van der Waals surface area contributed by atoms with Crippen LogP contribution in [0.25, 0.3) is 6.08 Å². The van der Waals surface area contributed by atoms with E-state index >= 15 is 0 Å². The van der Waals surface area contributed by atoms with Crippen molar-refractivity contribution < 1.29 is 14.3 Å². The molecule has 0 fully saturated rings. The van der Waals surface area contributed by atoms with E-state index in [2.05, 4.69) is 26.6 Å². The third-order valence-corrected chi connectivity index (χ3v) is 5.10. The van der Waals surface area contributed by atoms with Crippen LogP contribution in [0.2, 0.25) is 0 Å². The molecule has 0 spiro atoms. The number of carbonyl (C=O) groups is 2. The van der Waals surface area contributed by atoms with Crippen LogP contribution in [-0.2, 0) is 11.2 Å². The summed E-state index contributed by atoms with van der Waals surface area (Å²) >= 11 is 3.35. The Bertz CT molecular complexity index is 1050. The fourth-order valence-corrected chi connectivity index (χ4v) is 3.15. The molecule has 158 valence electrons. The third kappa shape index (κ3) is 6.83. The summed E-state index contributed by atoms with van der Waals surface area (Å²) < 4.78 is 6.05. The summed E-state index contributed by atoms with van der Waals surface area (Å²) in [7, 11) is 1.59. The van der Waals surface area contributed by atoms with Gasteiger partial charge in [0.1, 0.15) is 11.4 Å². The molecule has 0 aliphatic heterocycles. The summed E-state index contributed by atoms with van der Waals surface area (Å²) in [4.78, 5) is 25.5. The van der Waals surface area contributed by atoms with Crippen molar-refractivity contribution in [1.29, 1.82) is 0 Å². The molecule has 0 bridgehead atoms. The average molecular weight is 479 g/mol. The quantitative estimate of drug-likeness (QED) is 0.465. The molecular weight excluding hydrogens is 456 g/mol. The summed E-state index contributed by atoms with van der Waals surface area (Å²) in [6, 6.07) is 24.1. The summed E-state index contributed by atoms with van der Waals surface area (Å²) in [5, 5.41) is 5.63. The molecule has 3 aromatic carbocycles. The molecule has 0 heterocycles. The van der Waals surface area contributed by atoms with E-state index in [0.717, 1.165) is 15.6 Å². The number of hydrogen-bond acceptors (Lipinski definition) is 3. The highest BCUT2D eigenvalue weighted by atomic mass is 79.9. The Morgan fingerprint density at radius 1 is 0.935 bits per heavy atom. The van der Waals surface area contributed by atoms with Crippen LogP contribution in [0.4, 0.5) is 0 Å². The number of benzene rings is 3. The zero-order valence-electron chi connectivity index (χ0n) is 17.1. The number of halogens is 1. The molecule has 0 aliphatic rings. The number of nitrogens with one attached hydrogen (secondary N) is 2. The van der Waals surface area contributed by atoms with Gasteiger partial charge in [-0.1, -0.05) is 58.4 Å². The minimum Gasteiger partial charge on any atom is -0.497 e. The zero-order valence-corrected chi connectivity index (χ0v) is 18.7. The lowest BCUT2D eigenvalue weighted by molar-refractivity contribution is -0.117. The number of carbonyl (C=O) groups excluding carboxylic acids is 2. The molecule has 0 saturated carbocycles. The van der Waals surface area contributed by atoms with Gasteiger partial charge in [0.2, 0.25) is 0 Å². The van der Waals surface area contributed by atoms with E-state index in [9.17, 15) is 9.59 Å². The van der Waals surface area contributed by atoms with Crippen molar-refractivity contribution in [2.75, 3.05) is 13.7 Å². The smallest absolute Gasteiger partial charge is 0.267 e. The van der Waals surface area contributed by atoms with Gasteiger partial charge in [-0.05, 0) is 60.0 Å². The van der Waals surface area contributed by atoms with Crippen LogP contribution in [0.1, 0.15) is 21.5 Å². The molecular formula is C25H23BrN2O3. The van der Waals surface area contributed by atoms with Crippen LogP contribution in [0.15, 0.2) is 89.0 Å². The Morgan fingerprint density at radius 3 is 2.26 bits per heavy atom. The molecule has 6 heteroatoms. The van der Waals surface area contributed by atoms with E-state index in [0.29, 0.717) is 24.3 Å². The molecule has 31 heavy (non-hydrogen) atoms. The molecule has 3 aromatic rings. The second kappa shape index (κ2) is 11.1. The van der Waals surface area contributed by atoms with Crippen molar-refractivity contribution in [3.8, 4) is 5.75 Å². The second-order valence-corrected chi connectivity index (χ2v) is 7.70. The van der Waals surface area contributed by atoms with Gasteiger partial charge in [0.15, 0.2) is 0 Å². The van der Waals surface area contributed by atoms with Gasteiger partial charge in [-0.2, -0.15) is 0 Å². The zero-order chi connectivity index (χ0) is 22.1. The van der Waals surface area contributed by atoms with Crippen molar-refractivity contribution in [3.05, 3.63) is 106 Å². The van der Waals surface area contributed by atoms with Gasteiger partial charge in [0, 0.05) is 16.6 Å². The highest BCUT2D eigenvalue weighted by molar-refractivity contribution is 9.10. The van der Waals surface area contributed by atoms with Gasteiger partial charge in [0.05, 0.1) is 7.11 Å². The molecule has 3 rings (SSSR count). The van der Waals surface area contributed by atoms with E-state index in [-0.39, 0.29) is 17.5 Å². The van der Waals surface area contributed by atoms with E-state index in [4.69, 9.17) is 4.74 Å². The predicted molar refractivity (Wildman–Crippen MR) is 126 cm³/mol. The normalized spacial score (nSPS) is 11.0. The Balaban J connectivity index is 1.75. The lowest BCUT2D eigenvalue weighted by Crippen LogP contribution is -2.35. The molecule has 0 aliphatic carbocycles. The Labute approximate surface area is 190 Å². The summed E-state index contributed by atoms with van der Waals surface area (Å²) in [6.45, 7) is 0.455. The fraction of sp³-hybridized carbons (Fsp3) is 0.120. The molecule has 0 radical (unpaired) electrons. The standard InChI is InChI=1S/C25H23BrN2O3/c1-31-22-13-7-19(8-14-22)17-23(28-24(29)20-9-11-21(26)12-10-20)25(30)27-16-15-18-5-3-2-4-6-18/h2-14,17H,15-16H2,1H3,(H,27,30)(H,28,29). The van der Waals surface area contributed by atoms with E-state index < -0.39 is 0 Å². The molecule has 0 aromatic heterocycles. The van der Waals surface area contributed by atoms with E-state index in [1.54, 1.807) is 49.6 Å². The van der Waals surface area contributed by atoms with Crippen molar-refractivity contribution in [1.82, 2.24) is 10.6 Å². The first-order valence-electron chi connectivity index (χ1n) is 9.80. The fourth-order valence-electron chi connectivity index (χ4n) is 2.88. The first-order valence-corrected chi connectivity index (χ1v) is 10.6. The lowest BCUT2D eigenvalue weighted by atomic mass is 10.1. The predicted octanol–water partition coefficient (Wildman–Crippen LogP) is 4.59. The number of rotatable bonds is 8. The summed E-state index contributed by atoms with van der Waals surface area (Å²) in [5.74, 6) is 0.00703. The molecule has 0 atom stereocenters. The number of methoxy groups -OCH3 is 1. The van der Waals surface area contributed by atoms with Gasteiger partial charge in [0.25, 0.3) is 11.8 Å². The molecule has 5 nitrogen and oxygen atoms in total. The van der Waals surface area contributed by atoms with Gasteiger partial charge < -0.3 is 15.4 Å². The summed E-state index contributed by atoms with van der Waals surface area (Å²) in [6.07, 6.45) is 2.34. The van der Waals surface area contributed by atoms with E-state index in [1.807, 2.05) is 42.5 Å². The first-order chi connectivity index (χ1) is 15.0. The van der Waals surface area contributed by atoms with Crippen molar-refractivity contribution >= 4 is 33.8 Å². The molecule has 2 N–H and O–H groups in total. The number of hydrogen-bond donors (Lipinski definition) is 2. The van der Waals surface area contributed by atoms with Gasteiger partial charge >= 0.3 is 0 Å². The van der Waals surface area contributed by atoms with Crippen molar-refractivity contribution in [2.24, 2.45) is 0 Å². The van der Waals surface area contributed by atoms with Gasteiger partial charge in [-0.3, -0.25) is 9.59 Å².